The molecule has 0 saturated carbocycles. The monoisotopic (exact) mass is 297 g/mol. The molecule has 1 aliphatic rings. The molecule has 22 heavy (non-hydrogen) atoms. The Morgan fingerprint density at radius 1 is 1.14 bits per heavy atom. The van der Waals surface area contributed by atoms with Crippen LogP contribution >= 0.6 is 0 Å². The number of benzene rings is 1. The fourth-order valence-electron chi connectivity index (χ4n) is 2.50. The maximum atomic E-state index is 12.4. The molecule has 114 valence electrons. The van der Waals surface area contributed by atoms with Gasteiger partial charge in [-0.1, -0.05) is 6.92 Å². The highest BCUT2D eigenvalue weighted by Gasteiger charge is 2.21. The molecule has 5 nitrogen and oxygen atoms in total. The normalized spacial score (nSPS) is 15.6. The summed E-state index contributed by atoms with van der Waals surface area (Å²) in [6.45, 7) is 3.92. The van der Waals surface area contributed by atoms with Crippen LogP contribution in [-0.4, -0.2) is 33.9 Å². The van der Waals surface area contributed by atoms with E-state index in [2.05, 4.69) is 16.9 Å². The average molecular weight is 297 g/mol. The van der Waals surface area contributed by atoms with Gasteiger partial charge >= 0.3 is 6.01 Å². The number of likely N-dealkylation sites (tertiary alicyclic amines) is 1. The Morgan fingerprint density at radius 2 is 1.77 bits per heavy atom. The molecule has 1 amide bonds. The molecule has 3 rings (SSSR count). The van der Waals surface area contributed by atoms with Crippen molar-refractivity contribution in [1.29, 1.82) is 0 Å². The molecule has 2 heterocycles. The lowest BCUT2D eigenvalue weighted by Gasteiger charge is -2.30. The molecular formula is C17H19N3O2. The number of ether oxygens (including phenoxy) is 1. The second-order valence-corrected chi connectivity index (χ2v) is 5.63. The molecule has 0 aliphatic carbocycles. The van der Waals surface area contributed by atoms with Crippen LogP contribution in [0.15, 0.2) is 42.7 Å². The number of carbonyl (C=O) groups excluding carboxylic acids is 1. The van der Waals surface area contributed by atoms with Crippen molar-refractivity contribution in [2.24, 2.45) is 5.92 Å². The van der Waals surface area contributed by atoms with Crippen LogP contribution in [-0.2, 0) is 0 Å². The van der Waals surface area contributed by atoms with E-state index in [0.29, 0.717) is 23.2 Å². The molecule has 1 fully saturated rings. The third-order valence-corrected chi connectivity index (χ3v) is 3.92. The predicted octanol–water partition coefficient (Wildman–Crippen LogP) is 3.14. The van der Waals surface area contributed by atoms with Crippen LogP contribution in [0, 0.1) is 5.92 Å². The SMILES string of the molecule is CC1CCN(C(=O)c2ccc(Oc3ncccn3)cc2)CC1. The number of rotatable bonds is 3. The minimum atomic E-state index is 0.0920. The van der Waals surface area contributed by atoms with Crippen molar-refractivity contribution < 1.29 is 9.53 Å². The Hall–Kier alpha value is -2.43. The van der Waals surface area contributed by atoms with Gasteiger partial charge in [0, 0.05) is 31.0 Å². The van der Waals surface area contributed by atoms with E-state index in [1.54, 1.807) is 42.7 Å². The molecule has 0 atom stereocenters. The summed E-state index contributed by atoms with van der Waals surface area (Å²) in [4.78, 5) is 22.4. The summed E-state index contributed by atoms with van der Waals surface area (Å²) in [5.74, 6) is 1.43. The summed E-state index contributed by atoms with van der Waals surface area (Å²) < 4.78 is 5.53. The molecule has 1 saturated heterocycles. The number of nitrogens with zero attached hydrogens (tertiary/aromatic N) is 3. The smallest absolute Gasteiger partial charge is 0.321 e. The zero-order valence-electron chi connectivity index (χ0n) is 12.6. The first-order valence-electron chi connectivity index (χ1n) is 7.56. The molecule has 0 unspecified atom stereocenters. The molecule has 0 radical (unpaired) electrons. The van der Waals surface area contributed by atoms with E-state index in [0.717, 1.165) is 25.9 Å². The van der Waals surface area contributed by atoms with E-state index in [9.17, 15) is 4.79 Å². The van der Waals surface area contributed by atoms with Crippen molar-refractivity contribution in [1.82, 2.24) is 14.9 Å². The predicted molar refractivity (Wildman–Crippen MR) is 82.8 cm³/mol. The number of hydrogen-bond donors (Lipinski definition) is 0. The summed E-state index contributed by atoms with van der Waals surface area (Å²) in [7, 11) is 0. The second kappa shape index (κ2) is 6.56. The number of carbonyl (C=O) groups is 1. The van der Waals surface area contributed by atoms with Crippen molar-refractivity contribution >= 4 is 5.91 Å². The number of hydrogen-bond acceptors (Lipinski definition) is 4. The molecule has 0 N–H and O–H groups in total. The Kier molecular flexibility index (Phi) is 4.32. The summed E-state index contributed by atoms with van der Waals surface area (Å²) >= 11 is 0. The van der Waals surface area contributed by atoms with E-state index in [1.165, 1.54) is 0 Å². The molecule has 5 heteroatoms. The Balaban J connectivity index is 1.65. The minimum Gasteiger partial charge on any atom is -0.424 e. The minimum absolute atomic E-state index is 0.0920. The Morgan fingerprint density at radius 3 is 2.41 bits per heavy atom. The summed E-state index contributed by atoms with van der Waals surface area (Å²) in [5.41, 5.74) is 0.691. The van der Waals surface area contributed by atoms with E-state index >= 15 is 0 Å². The second-order valence-electron chi connectivity index (χ2n) is 5.63. The van der Waals surface area contributed by atoms with Gasteiger partial charge in [-0.3, -0.25) is 4.79 Å². The van der Waals surface area contributed by atoms with Gasteiger partial charge in [0.05, 0.1) is 0 Å². The molecule has 1 aliphatic heterocycles. The highest BCUT2D eigenvalue weighted by atomic mass is 16.5. The standard InChI is InChI=1S/C17H19N3O2/c1-13-7-11-20(12-8-13)16(21)14-3-5-15(6-4-14)22-17-18-9-2-10-19-17/h2-6,9-10,13H,7-8,11-12H2,1H3. The van der Waals surface area contributed by atoms with Gasteiger partial charge in [-0.25, -0.2) is 9.97 Å². The van der Waals surface area contributed by atoms with Gasteiger partial charge in [0.15, 0.2) is 0 Å². The summed E-state index contributed by atoms with van der Waals surface area (Å²) in [6, 6.07) is 9.16. The zero-order valence-corrected chi connectivity index (χ0v) is 12.6. The lowest BCUT2D eigenvalue weighted by atomic mass is 9.98. The van der Waals surface area contributed by atoms with E-state index in [4.69, 9.17) is 4.74 Å². The Labute approximate surface area is 130 Å². The van der Waals surface area contributed by atoms with Gasteiger partial charge in [-0.05, 0) is 49.1 Å². The quantitative estimate of drug-likeness (QED) is 0.873. The van der Waals surface area contributed by atoms with Crippen LogP contribution in [0.3, 0.4) is 0 Å². The highest BCUT2D eigenvalue weighted by molar-refractivity contribution is 5.94. The molecule has 1 aromatic heterocycles. The maximum absolute atomic E-state index is 12.4. The third-order valence-electron chi connectivity index (χ3n) is 3.92. The van der Waals surface area contributed by atoms with Crippen molar-refractivity contribution in [3.63, 3.8) is 0 Å². The molecule has 0 spiro atoms. The molecule has 0 bridgehead atoms. The molecule has 2 aromatic rings. The summed E-state index contributed by atoms with van der Waals surface area (Å²) in [6.07, 6.45) is 5.41. The van der Waals surface area contributed by atoms with Gasteiger partial charge in [0.2, 0.25) is 0 Å². The maximum Gasteiger partial charge on any atom is 0.321 e. The largest absolute Gasteiger partial charge is 0.424 e. The Bertz CT molecular complexity index is 620. The highest BCUT2D eigenvalue weighted by Crippen LogP contribution is 2.21. The van der Waals surface area contributed by atoms with Gasteiger partial charge in [0.1, 0.15) is 5.75 Å². The van der Waals surface area contributed by atoms with Gasteiger partial charge < -0.3 is 9.64 Å². The zero-order chi connectivity index (χ0) is 15.4. The molecular weight excluding hydrogens is 278 g/mol. The van der Waals surface area contributed by atoms with Crippen LogP contribution < -0.4 is 4.74 Å². The number of amides is 1. The average Bonchev–Trinajstić information content (AvgIpc) is 2.57. The van der Waals surface area contributed by atoms with Crippen molar-refractivity contribution in [3.8, 4) is 11.8 Å². The van der Waals surface area contributed by atoms with Crippen LogP contribution in [0.1, 0.15) is 30.1 Å². The van der Waals surface area contributed by atoms with Crippen molar-refractivity contribution in [2.75, 3.05) is 13.1 Å². The van der Waals surface area contributed by atoms with Gasteiger partial charge in [-0.15, -0.1) is 0 Å². The lowest BCUT2D eigenvalue weighted by molar-refractivity contribution is 0.0697. The van der Waals surface area contributed by atoms with E-state index in [1.807, 2.05) is 4.90 Å². The van der Waals surface area contributed by atoms with Gasteiger partial charge in [-0.2, -0.15) is 0 Å². The topological polar surface area (TPSA) is 55.3 Å². The number of aromatic nitrogens is 2. The fraction of sp³-hybridized carbons (Fsp3) is 0.353. The van der Waals surface area contributed by atoms with E-state index < -0.39 is 0 Å². The van der Waals surface area contributed by atoms with Gasteiger partial charge in [0.25, 0.3) is 5.91 Å². The lowest BCUT2D eigenvalue weighted by Crippen LogP contribution is -2.37. The van der Waals surface area contributed by atoms with Crippen molar-refractivity contribution in [3.05, 3.63) is 48.3 Å². The first kappa shape index (κ1) is 14.5. The number of piperidine rings is 1. The van der Waals surface area contributed by atoms with Crippen LogP contribution in [0.2, 0.25) is 0 Å². The van der Waals surface area contributed by atoms with E-state index in [-0.39, 0.29) is 5.91 Å². The van der Waals surface area contributed by atoms with Crippen LogP contribution in [0.4, 0.5) is 0 Å². The first-order valence-corrected chi connectivity index (χ1v) is 7.56. The van der Waals surface area contributed by atoms with Crippen molar-refractivity contribution in [2.45, 2.75) is 19.8 Å². The van der Waals surface area contributed by atoms with Crippen LogP contribution in [0.5, 0.6) is 11.8 Å². The van der Waals surface area contributed by atoms with Crippen LogP contribution in [0.25, 0.3) is 0 Å². The molecule has 1 aromatic carbocycles. The first-order chi connectivity index (χ1) is 10.7. The summed E-state index contributed by atoms with van der Waals surface area (Å²) in [5, 5.41) is 0. The fourth-order valence-corrected chi connectivity index (χ4v) is 2.50. The third kappa shape index (κ3) is 3.42.